The SMILES string of the molecule is COCCOc1nc2c(Oc3ccc(CC(=O)c4c(COC)[nH]c(C)c(-c5ccc(F)cc5)c4=O)cc3F)ccnc2cc1OC. The molecular weight excluding hydrogens is 600 g/mol. The summed E-state index contributed by atoms with van der Waals surface area (Å²) < 4.78 is 56.1. The minimum atomic E-state index is -0.734. The molecular formula is C34H31F2N3O7. The second kappa shape index (κ2) is 14.3. The van der Waals surface area contributed by atoms with Crippen LogP contribution in [0.1, 0.15) is 27.3 Å². The van der Waals surface area contributed by atoms with Gasteiger partial charge in [-0.15, -0.1) is 0 Å². The molecule has 0 aliphatic carbocycles. The smallest absolute Gasteiger partial charge is 0.257 e. The Labute approximate surface area is 262 Å². The predicted molar refractivity (Wildman–Crippen MR) is 166 cm³/mol. The van der Waals surface area contributed by atoms with Gasteiger partial charge in [-0.2, -0.15) is 0 Å². The molecule has 0 unspecified atom stereocenters. The molecule has 238 valence electrons. The Hall–Kier alpha value is -5.20. The molecule has 2 aromatic carbocycles. The highest BCUT2D eigenvalue weighted by Gasteiger charge is 2.23. The molecule has 1 N–H and O–H groups in total. The van der Waals surface area contributed by atoms with Crippen molar-refractivity contribution in [2.24, 2.45) is 0 Å². The van der Waals surface area contributed by atoms with Crippen molar-refractivity contribution in [2.45, 2.75) is 20.0 Å². The second-order valence-corrected chi connectivity index (χ2v) is 10.2. The number of methoxy groups -OCH3 is 3. The average Bonchev–Trinajstić information content (AvgIpc) is 3.03. The number of fused-ring (bicyclic) bond motifs is 1. The number of rotatable bonds is 13. The van der Waals surface area contributed by atoms with Gasteiger partial charge in [0.15, 0.2) is 28.8 Å². The zero-order valence-corrected chi connectivity index (χ0v) is 25.6. The molecule has 0 aliphatic heterocycles. The number of aromatic nitrogens is 3. The first-order valence-corrected chi connectivity index (χ1v) is 14.2. The van der Waals surface area contributed by atoms with Crippen LogP contribution in [0.5, 0.6) is 23.1 Å². The van der Waals surface area contributed by atoms with E-state index in [1.807, 2.05) is 0 Å². The van der Waals surface area contributed by atoms with Gasteiger partial charge in [0.05, 0.1) is 37.1 Å². The Bertz CT molecular complexity index is 1950. The Morgan fingerprint density at radius 1 is 0.913 bits per heavy atom. The normalized spacial score (nSPS) is 11.1. The maximum absolute atomic E-state index is 15.4. The maximum atomic E-state index is 15.4. The number of aryl methyl sites for hydroxylation is 1. The number of ether oxygens (including phenoxy) is 5. The topological polar surface area (TPSA) is 122 Å². The van der Waals surface area contributed by atoms with Gasteiger partial charge in [-0.25, -0.2) is 13.8 Å². The summed E-state index contributed by atoms with van der Waals surface area (Å²) in [5.74, 6) is -1.07. The van der Waals surface area contributed by atoms with E-state index in [1.165, 1.54) is 68.9 Å². The number of nitrogens with one attached hydrogen (secondary N) is 1. The van der Waals surface area contributed by atoms with Crippen molar-refractivity contribution >= 4 is 16.8 Å². The Morgan fingerprint density at radius 3 is 2.39 bits per heavy atom. The van der Waals surface area contributed by atoms with Crippen LogP contribution >= 0.6 is 0 Å². The van der Waals surface area contributed by atoms with Crippen molar-refractivity contribution in [1.29, 1.82) is 0 Å². The van der Waals surface area contributed by atoms with E-state index in [0.29, 0.717) is 45.9 Å². The largest absolute Gasteiger partial charge is 0.491 e. The van der Waals surface area contributed by atoms with Crippen LogP contribution in [0.3, 0.4) is 0 Å². The van der Waals surface area contributed by atoms with E-state index < -0.39 is 22.8 Å². The molecule has 5 rings (SSSR count). The lowest BCUT2D eigenvalue weighted by molar-refractivity contribution is 0.0985. The predicted octanol–water partition coefficient (Wildman–Crippen LogP) is 5.97. The zero-order chi connectivity index (χ0) is 32.8. The first-order chi connectivity index (χ1) is 22.2. The molecule has 46 heavy (non-hydrogen) atoms. The fraction of sp³-hybridized carbons (Fsp3) is 0.235. The number of Topliss-reactive ketones (excluding diaryl/α,β-unsaturated/α-hetero) is 1. The van der Waals surface area contributed by atoms with Crippen molar-refractivity contribution in [3.8, 4) is 34.3 Å². The van der Waals surface area contributed by atoms with Crippen LogP contribution in [0.4, 0.5) is 8.78 Å². The van der Waals surface area contributed by atoms with Crippen LogP contribution in [0, 0.1) is 18.6 Å². The summed E-state index contributed by atoms with van der Waals surface area (Å²) in [5.41, 5.74) is 1.91. The van der Waals surface area contributed by atoms with Crippen molar-refractivity contribution in [3.05, 3.63) is 105 Å². The minimum Gasteiger partial charge on any atom is -0.491 e. The lowest BCUT2D eigenvalue weighted by atomic mass is 9.95. The molecule has 10 nitrogen and oxygen atoms in total. The van der Waals surface area contributed by atoms with Crippen LogP contribution in [0.15, 0.2) is 65.6 Å². The van der Waals surface area contributed by atoms with E-state index in [4.69, 9.17) is 23.7 Å². The molecule has 0 amide bonds. The highest BCUT2D eigenvalue weighted by molar-refractivity contribution is 5.99. The Balaban J connectivity index is 1.43. The van der Waals surface area contributed by atoms with Crippen LogP contribution < -0.4 is 19.6 Å². The average molecular weight is 632 g/mol. The van der Waals surface area contributed by atoms with E-state index in [-0.39, 0.29) is 48.1 Å². The van der Waals surface area contributed by atoms with Gasteiger partial charge >= 0.3 is 0 Å². The Morgan fingerprint density at radius 2 is 1.70 bits per heavy atom. The van der Waals surface area contributed by atoms with Gasteiger partial charge in [0.1, 0.15) is 17.9 Å². The number of hydrogen-bond acceptors (Lipinski definition) is 9. The molecule has 0 bridgehead atoms. The van der Waals surface area contributed by atoms with Crippen molar-refractivity contribution in [1.82, 2.24) is 15.0 Å². The first kappa shape index (κ1) is 32.2. The number of nitrogens with zero attached hydrogens (tertiary/aromatic N) is 2. The third-order valence-electron chi connectivity index (χ3n) is 7.10. The lowest BCUT2D eigenvalue weighted by Gasteiger charge is -2.14. The van der Waals surface area contributed by atoms with Gasteiger partial charge in [-0.1, -0.05) is 18.2 Å². The first-order valence-electron chi connectivity index (χ1n) is 14.2. The maximum Gasteiger partial charge on any atom is 0.257 e. The van der Waals surface area contributed by atoms with Crippen LogP contribution in [0.2, 0.25) is 0 Å². The van der Waals surface area contributed by atoms with Crippen LogP contribution in [-0.2, 0) is 22.5 Å². The number of carbonyl (C=O) groups is 1. The van der Waals surface area contributed by atoms with Gasteiger partial charge in [0.2, 0.25) is 5.43 Å². The van der Waals surface area contributed by atoms with Gasteiger partial charge in [0.25, 0.3) is 5.88 Å². The zero-order valence-electron chi connectivity index (χ0n) is 25.6. The number of aromatic amines is 1. The molecule has 0 saturated carbocycles. The van der Waals surface area contributed by atoms with Crippen molar-refractivity contribution in [2.75, 3.05) is 34.5 Å². The molecule has 0 atom stereocenters. The fourth-order valence-corrected chi connectivity index (χ4v) is 4.99. The summed E-state index contributed by atoms with van der Waals surface area (Å²) in [6, 6.07) is 12.7. The third kappa shape index (κ3) is 6.87. The third-order valence-corrected chi connectivity index (χ3v) is 7.10. The monoisotopic (exact) mass is 631 g/mol. The molecule has 5 aromatic rings. The number of pyridine rings is 3. The molecule has 0 fully saturated rings. The van der Waals surface area contributed by atoms with E-state index in [9.17, 15) is 14.0 Å². The molecule has 0 spiro atoms. The van der Waals surface area contributed by atoms with Crippen LogP contribution in [0.25, 0.3) is 22.2 Å². The van der Waals surface area contributed by atoms with E-state index >= 15 is 4.39 Å². The summed E-state index contributed by atoms with van der Waals surface area (Å²) in [7, 11) is 4.47. The number of halogens is 2. The molecule has 0 saturated heterocycles. The number of benzene rings is 2. The Kier molecular flexibility index (Phi) is 9.99. The summed E-state index contributed by atoms with van der Waals surface area (Å²) >= 11 is 0. The standard InChI is InChI=1S/C34H31F2N3O7/c1-19-30(21-6-8-22(35)9-7-21)33(41)31(25(38-19)18-43-3)26(40)16-20-5-10-27(23(36)15-20)46-28-11-12-37-24-17-29(44-4)34(39-32(24)28)45-14-13-42-2/h5-12,15,17H,13-14,16,18H2,1-4H3,(H,38,41). The van der Waals surface area contributed by atoms with E-state index in [0.717, 1.165) is 0 Å². The molecule has 0 aliphatic rings. The van der Waals surface area contributed by atoms with Crippen molar-refractivity contribution in [3.63, 3.8) is 0 Å². The van der Waals surface area contributed by atoms with Gasteiger partial charge in [-0.3, -0.25) is 14.6 Å². The molecule has 3 aromatic heterocycles. The van der Waals surface area contributed by atoms with Gasteiger partial charge in [-0.05, 0) is 42.3 Å². The summed E-state index contributed by atoms with van der Waals surface area (Å²) in [6.07, 6.45) is 1.22. The number of carbonyl (C=O) groups excluding carboxylic acids is 1. The molecule has 0 radical (unpaired) electrons. The van der Waals surface area contributed by atoms with Crippen LogP contribution in [-0.4, -0.2) is 55.3 Å². The number of hydrogen-bond donors (Lipinski definition) is 1. The molecule has 3 heterocycles. The summed E-state index contributed by atoms with van der Waals surface area (Å²) in [4.78, 5) is 39.1. The van der Waals surface area contributed by atoms with Gasteiger partial charge in [0, 0.05) is 50.2 Å². The molecule has 12 heteroatoms. The second-order valence-electron chi connectivity index (χ2n) is 10.2. The van der Waals surface area contributed by atoms with E-state index in [2.05, 4.69) is 15.0 Å². The quantitative estimate of drug-likeness (QED) is 0.124. The number of ketones is 1. The summed E-state index contributed by atoms with van der Waals surface area (Å²) in [6.45, 7) is 2.22. The van der Waals surface area contributed by atoms with Gasteiger partial charge < -0.3 is 28.7 Å². The minimum absolute atomic E-state index is 0.0269. The summed E-state index contributed by atoms with van der Waals surface area (Å²) in [5, 5.41) is 0. The number of H-pyrrole nitrogens is 1. The lowest BCUT2D eigenvalue weighted by Crippen LogP contribution is -2.24. The van der Waals surface area contributed by atoms with Crippen molar-refractivity contribution < 1.29 is 37.3 Å². The highest BCUT2D eigenvalue weighted by Crippen LogP contribution is 2.35. The fourth-order valence-electron chi connectivity index (χ4n) is 4.99. The highest BCUT2D eigenvalue weighted by atomic mass is 19.1. The van der Waals surface area contributed by atoms with E-state index in [1.54, 1.807) is 20.1 Å².